The fraction of sp³-hybridized carbons (Fsp3) is 0.615. The molecule has 0 N–H and O–H groups in total. The average molecular weight is 537 g/mol. The number of thioether (sulfide) groups is 1. The van der Waals surface area contributed by atoms with Crippen LogP contribution >= 0.6 is 34.7 Å². The van der Waals surface area contributed by atoms with Gasteiger partial charge in [-0.15, -0.1) is 11.3 Å². The Kier molecular flexibility index (Phi) is 11.3. The maximum atomic E-state index is 12.6. The molecule has 0 amide bonds. The van der Waals surface area contributed by atoms with Gasteiger partial charge in [0.1, 0.15) is 22.2 Å². The number of carbonyl (C=O) groups excluding carboxylic acids is 1. The summed E-state index contributed by atoms with van der Waals surface area (Å²) in [4.78, 5) is 24.0. The molecular weight excluding hydrogens is 500 g/mol. The summed E-state index contributed by atoms with van der Waals surface area (Å²) in [6.45, 7) is 13.1. The van der Waals surface area contributed by atoms with Crippen LogP contribution in [0.15, 0.2) is 22.0 Å². The van der Waals surface area contributed by atoms with E-state index in [0.29, 0.717) is 16.4 Å². The molecule has 0 atom stereocenters. The third-order valence-electron chi connectivity index (χ3n) is 5.18. The molecule has 0 saturated heterocycles. The van der Waals surface area contributed by atoms with Crippen LogP contribution < -0.4 is 4.90 Å². The second kappa shape index (κ2) is 13.5. The average Bonchev–Trinajstić information content (AvgIpc) is 3.21. The van der Waals surface area contributed by atoms with Gasteiger partial charge in [-0.1, -0.05) is 56.0 Å². The van der Waals surface area contributed by atoms with Crippen molar-refractivity contribution >= 4 is 46.5 Å². The van der Waals surface area contributed by atoms with Gasteiger partial charge in [0.2, 0.25) is 0 Å². The van der Waals surface area contributed by atoms with Crippen LogP contribution in [0.3, 0.4) is 0 Å². The molecule has 0 aliphatic carbocycles. The van der Waals surface area contributed by atoms with Gasteiger partial charge in [0.05, 0.1) is 16.3 Å². The summed E-state index contributed by atoms with van der Waals surface area (Å²) in [5.74, 6) is 0.458. The molecule has 192 valence electrons. The second-order valence-corrected chi connectivity index (χ2v) is 13.1. The van der Waals surface area contributed by atoms with E-state index in [1.807, 2.05) is 40.0 Å². The molecule has 9 heteroatoms. The number of unbranched alkanes of at least 4 members (excludes halogenated alkanes) is 4. The lowest BCUT2D eigenvalue weighted by Crippen LogP contribution is -2.36. The Bertz CT molecular complexity index is 1010. The zero-order chi connectivity index (χ0) is 26.1. The minimum Gasteiger partial charge on any atom is -0.459 e. The number of hydrogen-bond donors (Lipinski definition) is 0. The first-order chi connectivity index (χ1) is 16.4. The lowest BCUT2D eigenvalue weighted by Gasteiger charge is -2.27. The van der Waals surface area contributed by atoms with Crippen LogP contribution in [0.2, 0.25) is 5.02 Å². The molecule has 0 aliphatic heterocycles. The molecule has 2 aromatic heterocycles. The van der Waals surface area contributed by atoms with E-state index in [4.69, 9.17) is 26.6 Å². The van der Waals surface area contributed by atoms with E-state index >= 15 is 0 Å². The van der Waals surface area contributed by atoms with E-state index in [9.17, 15) is 4.79 Å². The van der Waals surface area contributed by atoms with Crippen molar-refractivity contribution in [3.8, 4) is 6.07 Å². The van der Waals surface area contributed by atoms with Crippen LogP contribution in [0.4, 0.5) is 5.82 Å². The van der Waals surface area contributed by atoms with Gasteiger partial charge in [-0.3, -0.25) is 4.79 Å². The molecule has 0 unspecified atom stereocenters. The number of carbonyl (C=O) groups is 1. The van der Waals surface area contributed by atoms with Crippen molar-refractivity contribution in [2.75, 3.05) is 18.0 Å². The summed E-state index contributed by atoms with van der Waals surface area (Å²) in [6.07, 6.45) is 8.20. The molecule has 0 saturated carbocycles. The Morgan fingerprint density at radius 3 is 2.54 bits per heavy atom. The summed E-state index contributed by atoms with van der Waals surface area (Å²) in [5, 5.41) is 11.7. The monoisotopic (exact) mass is 536 g/mol. The van der Waals surface area contributed by atoms with Crippen LogP contribution in [0.5, 0.6) is 0 Å². The fourth-order valence-electron chi connectivity index (χ4n) is 3.31. The van der Waals surface area contributed by atoms with Gasteiger partial charge in [-0.2, -0.15) is 5.26 Å². The van der Waals surface area contributed by atoms with Gasteiger partial charge in [-0.25, -0.2) is 9.97 Å². The molecule has 0 radical (unpaired) electrons. The van der Waals surface area contributed by atoms with Crippen molar-refractivity contribution in [3.05, 3.63) is 33.9 Å². The molecular formula is C26H37ClN4O2S2. The number of pyridine rings is 1. The quantitative estimate of drug-likeness (QED) is 0.151. The summed E-state index contributed by atoms with van der Waals surface area (Å²) in [5.41, 5.74) is 0.901. The molecule has 2 aromatic rings. The summed E-state index contributed by atoms with van der Waals surface area (Å²) in [7, 11) is 0. The van der Waals surface area contributed by atoms with Crippen LogP contribution in [0, 0.1) is 11.3 Å². The lowest BCUT2D eigenvalue weighted by molar-refractivity contribution is -0.156. The molecule has 35 heavy (non-hydrogen) atoms. The highest BCUT2D eigenvalue weighted by Gasteiger charge is 2.34. The standard InChI is InChI=1S/C26H37ClN4O2S2/c1-7-8-9-10-11-13-31(22-21(27)15-19(16-28)17-29-22)14-12-20-18-34-24(30-20)35-26(5,6)23(32)33-25(2,3)4/h15,17-18H,7-14H2,1-6H3. The van der Waals surface area contributed by atoms with Crippen molar-refractivity contribution in [2.45, 2.75) is 94.8 Å². The number of halogens is 1. The molecule has 2 rings (SSSR count). The van der Waals surface area contributed by atoms with E-state index in [-0.39, 0.29) is 5.97 Å². The minimum atomic E-state index is -0.729. The Labute approximate surface area is 223 Å². The number of rotatable bonds is 13. The SMILES string of the molecule is CCCCCCCN(CCc1csc(SC(C)(C)C(=O)OC(C)(C)C)n1)c1ncc(C#N)cc1Cl. The maximum absolute atomic E-state index is 12.6. The smallest absolute Gasteiger partial charge is 0.322 e. The van der Waals surface area contributed by atoms with Crippen molar-refractivity contribution < 1.29 is 9.53 Å². The summed E-state index contributed by atoms with van der Waals surface area (Å²) in [6, 6.07) is 3.76. The second-order valence-electron chi connectivity index (χ2n) is 10.0. The number of hydrogen-bond acceptors (Lipinski definition) is 8. The van der Waals surface area contributed by atoms with E-state index in [2.05, 4.69) is 22.9 Å². The maximum Gasteiger partial charge on any atom is 0.322 e. The van der Waals surface area contributed by atoms with Gasteiger partial charge >= 0.3 is 5.97 Å². The Hall–Kier alpha value is -1.82. The molecule has 2 heterocycles. The highest BCUT2D eigenvalue weighted by molar-refractivity contribution is 8.03. The lowest BCUT2D eigenvalue weighted by atomic mass is 10.1. The summed E-state index contributed by atoms with van der Waals surface area (Å²) >= 11 is 9.45. The largest absolute Gasteiger partial charge is 0.459 e. The van der Waals surface area contributed by atoms with E-state index in [0.717, 1.165) is 42.4 Å². The predicted octanol–water partition coefficient (Wildman–Crippen LogP) is 7.30. The van der Waals surface area contributed by atoms with Gasteiger partial charge in [-0.05, 0) is 47.1 Å². The van der Waals surface area contributed by atoms with Crippen molar-refractivity contribution in [1.29, 1.82) is 5.26 Å². The van der Waals surface area contributed by atoms with Crippen LogP contribution in [-0.2, 0) is 16.0 Å². The number of anilines is 1. The van der Waals surface area contributed by atoms with Crippen molar-refractivity contribution in [3.63, 3.8) is 0 Å². The normalized spacial score (nSPS) is 11.8. The first kappa shape index (κ1) is 29.4. The van der Waals surface area contributed by atoms with Gasteiger partial charge < -0.3 is 9.64 Å². The van der Waals surface area contributed by atoms with Crippen molar-refractivity contribution in [1.82, 2.24) is 9.97 Å². The van der Waals surface area contributed by atoms with Crippen LogP contribution in [-0.4, -0.2) is 39.4 Å². The topological polar surface area (TPSA) is 79.1 Å². The zero-order valence-electron chi connectivity index (χ0n) is 21.7. The molecule has 0 fully saturated rings. The fourth-order valence-corrected chi connectivity index (χ4v) is 5.86. The third-order valence-corrected chi connectivity index (χ3v) is 7.63. The number of ether oxygens (including phenoxy) is 1. The predicted molar refractivity (Wildman–Crippen MR) is 147 cm³/mol. The Morgan fingerprint density at radius 2 is 1.91 bits per heavy atom. The highest BCUT2D eigenvalue weighted by atomic mass is 35.5. The number of nitriles is 1. The van der Waals surface area contributed by atoms with E-state index < -0.39 is 10.3 Å². The Balaban J connectivity index is 2.05. The van der Waals surface area contributed by atoms with E-state index in [1.165, 1.54) is 31.0 Å². The number of thiazole rings is 1. The molecule has 0 aliphatic rings. The van der Waals surface area contributed by atoms with Gasteiger partial charge in [0.15, 0.2) is 4.34 Å². The molecule has 6 nitrogen and oxygen atoms in total. The summed E-state index contributed by atoms with van der Waals surface area (Å²) < 4.78 is 5.68. The van der Waals surface area contributed by atoms with Crippen molar-refractivity contribution in [2.24, 2.45) is 0 Å². The first-order valence-electron chi connectivity index (χ1n) is 12.1. The third kappa shape index (κ3) is 9.98. The molecule has 0 aromatic carbocycles. The van der Waals surface area contributed by atoms with Crippen LogP contribution in [0.1, 0.15) is 84.9 Å². The zero-order valence-corrected chi connectivity index (χ0v) is 24.1. The van der Waals surface area contributed by atoms with Gasteiger partial charge in [0.25, 0.3) is 0 Å². The Morgan fingerprint density at radius 1 is 1.20 bits per heavy atom. The highest BCUT2D eigenvalue weighted by Crippen LogP contribution is 2.36. The molecule has 0 spiro atoms. The molecule has 0 bridgehead atoms. The van der Waals surface area contributed by atoms with Gasteiger partial charge in [0, 0.05) is 31.1 Å². The minimum absolute atomic E-state index is 0.248. The van der Waals surface area contributed by atoms with Crippen LogP contribution in [0.25, 0.3) is 0 Å². The first-order valence-corrected chi connectivity index (χ1v) is 14.2. The number of nitrogens with zero attached hydrogens (tertiary/aromatic N) is 4. The van der Waals surface area contributed by atoms with E-state index in [1.54, 1.807) is 23.6 Å². The number of aromatic nitrogens is 2. The number of esters is 1.